The van der Waals surface area contributed by atoms with E-state index in [1.54, 1.807) is 31.4 Å². The van der Waals surface area contributed by atoms with E-state index >= 15 is 0 Å². The molecule has 2 amide bonds. The lowest BCUT2D eigenvalue weighted by molar-refractivity contribution is -0.136. The quantitative estimate of drug-likeness (QED) is 0.716. The molecule has 1 atom stereocenters. The lowest BCUT2D eigenvalue weighted by Crippen LogP contribution is -2.40. The maximum atomic E-state index is 12.4. The Morgan fingerprint density at radius 2 is 1.97 bits per heavy atom. The van der Waals surface area contributed by atoms with Gasteiger partial charge in [-0.1, -0.05) is 18.2 Å². The van der Waals surface area contributed by atoms with Crippen LogP contribution in [-0.4, -0.2) is 58.1 Å². The van der Waals surface area contributed by atoms with Crippen molar-refractivity contribution in [2.45, 2.75) is 18.9 Å². The minimum atomic E-state index is -0.701. The van der Waals surface area contributed by atoms with Gasteiger partial charge in [0.2, 0.25) is 0 Å². The maximum absolute atomic E-state index is 12.4. The number of likely N-dealkylation sites (N-methyl/N-ethyl adjacent to an activating group) is 1. The number of hydrogen-bond donors (Lipinski definition) is 2. The van der Waals surface area contributed by atoms with Crippen LogP contribution in [0.25, 0.3) is 0 Å². The molecule has 3 rings (SSSR count). The van der Waals surface area contributed by atoms with Gasteiger partial charge < -0.3 is 25.2 Å². The first kappa shape index (κ1) is 21.6. The Balaban J connectivity index is 1.64. The summed E-state index contributed by atoms with van der Waals surface area (Å²) in [4.78, 5) is 29.0. The van der Waals surface area contributed by atoms with Gasteiger partial charge in [-0.2, -0.15) is 0 Å². The van der Waals surface area contributed by atoms with Crippen molar-refractivity contribution < 1.29 is 14.3 Å². The SMILES string of the molecule is COc1cccc(NC(=O)C(=O)NC[C@@H](c2ccc3c(c2)CCCN3C)N(C)C)c1. The third-order valence-electron chi connectivity index (χ3n) is 5.45. The van der Waals surface area contributed by atoms with Crippen molar-refractivity contribution in [3.05, 3.63) is 53.6 Å². The number of aryl methyl sites for hydroxylation is 1. The molecule has 0 bridgehead atoms. The number of ether oxygens (including phenoxy) is 1. The van der Waals surface area contributed by atoms with Gasteiger partial charge >= 0.3 is 11.8 Å². The zero-order chi connectivity index (χ0) is 21.7. The van der Waals surface area contributed by atoms with Crippen LogP contribution in [-0.2, 0) is 16.0 Å². The summed E-state index contributed by atoms with van der Waals surface area (Å²) in [5.41, 5.74) is 4.24. The number of methoxy groups -OCH3 is 1. The number of carbonyl (C=O) groups excluding carboxylic acids is 2. The first-order valence-corrected chi connectivity index (χ1v) is 10.1. The van der Waals surface area contributed by atoms with E-state index < -0.39 is 11.8 Å². The van der Waals surface area contributed by atoms with E-state index in [1.807, 2.05) is 14.1 Å². The molecule has 0 aromatic heterocycles. The van der Waals surface area contributed by atoms with Crippen LogP contribution in [0.4, 0.5) is 11.4 Å². The summed E-state index contributed by atoms with van der Waals surface area (Å²) in [5.74, 6) is -0.755. The molecule has 0 saturated carbocycles. The number of amides is 2. The average molecular weight is 411 g/mol. The first-order chi connectivity index (χ1) is 14.4. The van der Waals surface area contributed by atoms with Gasteiger partial charge in [-0.05, 0) is 56.3 Å². The normalized spacial score (nSPS) is 14.1. The zero-order valence-electron chi connectivity index (χ0n) is 18.1. The number of carbonyl (C=O) groups is 2. The molecule has 2 N–H and O–H groups in total. The molecule has 7 nitrogen and oxygen atoms in total. The van der Waals surface area contributed by atoms with Gasteiger partial charge in [-0.25, -0.2) is 0 Å². The van der Waals surface area contributed by atoms with Gasteiger partial charge in [-0.15, -0.1) is 0 Å². The molecule has 0 fully saturated rings. The number of rotatable bonds is 6. The van der Waals surface area contributed by atoms with E-state index in [1.165, 1.54) is 11.3 Å². The Morgan fingerprint density at radius 3 is 2.70 bits per heavy atom. The fourth-order valence-electron chi connectivity index (χ4n) is 3.77. The van der Waals surface area contributed by atoms with Crippen LogP contribution < -0.4 is 20.3 Å². The lowest BCUT2D eigenvalue weighted by Gasteiger charge is -2.30. The van der Waals surface area contributed by atoms with Crippen LogP contribution >= 0.6 is 0 Å². The molecule has 0 saturated heterocycles. The fourth-order valence-corrected chi connectivity index (χ4v) is 3.77. The Kier molecular flexibility index (Phi) is 6.95. The highest BCUT2D eigenvalue weighted by Gasteiger charge is 2.21. The summed E-state index contributed by atoms with van der Waals surface area (Å²) < 4.78 is 5.14. The van der Waals surface area contributed by atoms with Crippen molar-refractivity contribution >= 4 is 23.2 Å². The molecular formula is C23H30N4O3. The van der Waals surface area contributed by atoms with E-state index in [4.69, 9.17) is 4.74 Å². The largest absolute Gasteiger partial charge is 0.497 e. The number of nitrogens with one attached hydrogen (secondary N) is 2. The predicted molar refractivity (Wildman–Crippen MR) is 119 cm³/mol. The predicted octanol–water partition coefficient (Wildman–Crippen LogP) is 2.44. The van der Waals surface area contributed by atoms with E-state index in [0.717, 1.165) is 24.9 Å². The maximum Gasteiger partial charge on any atom is 0.313 e. The van der Waals surface area contributed by atoms with Crippen LogP contribution in [0.5, 0.6) is 5.75 Å². The molecular weight excluding hydrogens is 380 g/mol. The minimum Gasteiger partial charge on any atom is -0.497 e. The molecule has 0 radical (unpaired) electrons. The van der Waals surface area contributed by atoms with E-state index in [-0.39, 0.29) is 6.04 Å². The summed E-state index contributed by atoms with van der Waals surface area (Å²) in [6.07, 6.45) is 2.20. The summed E-state index contributed by atoms with van der Waals surface area (Å²) in [6.45, 7) is 1.41. The second kappa shape index (κ2) is 9.63. The Bertz CT molecular complexity index is 913. The standard InChI is InChI=1S/C23H30N4O3/c1-26(2)21(17-10-11-20-16(13-17)7-6-12-27(20)3)15-24-22(28)23(29)25-18-8-5-9-19(14-18)30-4/h5,8-11,13-14,21H,6-7,12,15H2,1-4H3,(H,24,28)(H,25,29)/t21-/m0/s1. The van der Waals surface area contributed by atoms with Crippen molar-refractivity contribution in [1.82, 2.24) is 10.2 Å². The fraction of sp³-hybridized carbons (Fsp3) is 0.391. The summed E-state index contributed by atoms with van der Waals surface area (Å²) in [6, 6.07) is 13.3. The number of anilines is 2. The third kappa shape index (κ3) is 5.10. The van der Waals surface area contributed by atoms with Crippen molar-refractivity contribution in [2.75, 3.05) is 51.6 Å². The molecule has 7 heteroatoms. The van der Waals surface area contributed by atoms with Gasteiger partial charge in [0, 0.05) is 37.6 Å². The van der Waals surface area contributed by atoms with Crippen LogP contribution in [0.3, 0.4) is 0 Å². The topological polar surface area (TPSA) is 73.9 Å². The molecule has 160 valence electrons. The number of hydrogen-bond acceptors (Lipinski definition) is 5. The first-order valence-electron chi connectivity index (χ1n) is 10.1. The molecule has 2 aromatic rings. The van der Waals surface area contributed by atoms with E-state index in [2.05, 4.69) is 45.7 Å². The van der Waals surface area contributed by atoms with Gasteiger partial charge in [0.1, 0.15) is 5.75 Å². The van der Waals surface area contributed by atoms with Gasteiger partial charge in [-0.3, -0.25) is 9.59 Å². The molecule has 1 aliphatic heterocycles. The van der Waals surface area contributed by atoms with Crippen molar-refractivity contribution in [1.29, 1.82) is 0 Å². The summed E-state index contributed by atoms with van der Waals surface area (Å²) >= 11 is 0. The van der Waals surface area contributed by atoms with E-state index in [0.29, 0.717) is 18.0 Å². The number of benzene rings is 2. The molecule has 0 aliphatic carbocycles. The third-order valence-corrected chi connectivity index (χ3v) is 5.45. The molecule has 0 spiro atoms. The zero-order valence-corrected chi connectivity index (χ0v) is 18.1. The van der Waals surface area contributed by atoms with Crippen LogP contribution in [0.2, 0.25) is 0 Å². The Labute approximate surface area is 178 Å². The number of nitrogens with zero attached hydrogens (tertiary/aromatic N) is 2. The van der Waals surface area contributed by atoms with Gasteiger partial charge in [0.05, 0.1) is 13.2 Å². The smallest absolute Gasteiger partial charge is 0.313 e. The highest BCUT2D eigenvalue weighted by Crippen LogP contribution is 2.29. The highest BCUT2D eigenvalue weighted by atomic mass is 16.5. The summed E-state index contributed by atoms with van der Waals surface area (Å²) in [7, 11) is 7.60. The summed E-state index contributed by atoms with van der Waals surface area (Å²) in [5, 5.41) is 5.37. The van der Waals surface area contributed by atoms with Crippen LogP contribution in [0, 0.1) is 0 Å². The lowest BCUT2D eigenvalue weighted by atomic mass is 9.96. The monoisotopic (exact) mass is 410 g/mol. The highest BCUT2D eigenvalue weighted by molar-refractivity contribution is 6.39. The second-order valence-electron chi connectivity index (χ2n) is 7.79. The Hall–Kier alpha value is -3.06. The molecule has 30 heavy (non-hydrogen) atoms. The van der Waals surface area contributed by atoms with Crippen molar-refractivity contribution in [3.8, 4) is 5.75 Å². The second-order valence-corrected chi connectivity index (χ2v) is 7.79. The van der Waals surface area contributed by atoms with E-state index in [9.17, 15) is 9.59 Å². The van der Waals surface area contributed by atoms with Crippen LogP contribution in [0.15, 0.2) is 42.5 Å². The average Bonchev–Trinajstić information content (AvgIpc) is 2.73. The Morgan fingerprint density at radius 1 is 1.17 bits per heavy atom. The molecule has 1 aliphatic rings. The molecule has 0 unspecified atom stereocenters. The minimum absolute atomic E-state index is 0.0314. The van der Waals surface area contributed by atoms with Crippen LogP contribution in [0.1, 0.15) is 23.6 Å². The molecule has 2 aromatic carbocycles. The van der Waals surface area contributed by atoms with Crippen molar-refractivity contribution in [3.63, 3.8) is 0 Å². The number of fused-ring (bicyclic) bond motifs is 1. The molecule has 1 heterocycles. The van der Waals surface area contributed by atoms with Gasteiger partial charge in [0.25, 0.3) is 0 Å². The van der Waals surface area contributed by atoms with Gasteiger partial charge in [0.15, 0.2) is 0 Å². The van der Waals surface area contributed by atoms with Crippen molar-refractivity contribution in [2.24, 2.45) is 0 Å².